The van der Waals surface area contributed by atoms with Crippen LogP contribution in [0.2, 0.25) is 0 Å². The Morgan fingerprint density at radius 3 is 2.69 bits per heavy atom. The van der Waals surface area contributed by atoms with E-state index in [4.69, 9.17) is 5.84 Å². The van der Waals surface area contributed by atoms with Crippen molar-refractivity contribution in [2.75, 3.05) is 10.3 Å². The third kappa shape index (κ3) is 4.13. The van der Waals surface area contributed by atoms with Crippen LogP contribution >= 0.6 is 15.9 Å². The Labute approximate surface area is 175 Å². The van der Waals surface area contributed by atoms with Crippen molar-refractivity contribution >= 4 is 51.5 Å². The molecule has 3 N–H and O–H groups in total. The number of nitrogens with zero attached hydrogens (tertiary/aromatic N) is 7. The zero-order valence-corrected chi connectivity index (χ0v) is 16.7. The molecule has 2 aromatic carbocycles. The number of halogens is 1. The lowest BCUT2D eigenvalue weighted by atomic mass is 10.3. The predicted octanol–water partition coefficient (Wildman–Crippen LogP) is 3.91. The van der Waals surface area contributed by atoms with Crippen molar-refractivity contribution in [3.8, 4) is 5.69 Å². The molecule has 0 amide bonds. The van der Waals surface area contributed by atoms with E-state index in [1.807, 2.05) is 48.5 Å². The van der Waals surface area contributed by atoms with Gasteiger partial charge in [0.15, 0.2) is 5.82 Å². The summed E-state index contributed by atoms with van der Waals surface area (Å²) in [5, 5.41) is 8.71. The van der Waals surface area contributed by atoms with Gasteiger partial charge in [0.25, 0.3) is 0 Å². The Bertz CT molecular complexity index is 1130. The first-order chi connectivity index (χ1) is 14.1. The van der Waals surface area contributed by atoms with Gasteiger partial charge < -0.3 is 5.32 Å². The van der Waals surface area contributed by atoms with Gasteiger partial charge in [0.2, 0.25) is 5.95 Å². The zero-order chi connectivity index (χ0) is 20.2. The molecule has 29 heavy (non-hydrogen) atoms. The smallest absolute Gasteiger partial charge is 0.229 e. The first kappa shape index (κ1) is 18.7. The first-order valence-corrected chi connectivity index (χ1v) is 9.29. The number of hydrogen-bond donors (Lipinski definition) is 2. The van der Waals surface area contributed by atoms with Gasteiger partial charge in [-0.3, -0.25) is 10.0 Å². The predicted molar refractivity (Wildman–Crippen MR) is 116 cm³/mol. The van der Waals surface area contributed by atoms with Crippen LogP contribution in [-0.2, 0) is 0 Å². The summed E-state index contributed by atoms with van der Waals surface area (Å²) in [5.41, 5.74) is 2.92. The van der Waals surface area contributed by atoms with E-state index in [2.05, 4.69) is 53.0 Å². The Morgan fingerprint density at radius 1 is 1.17 bits per heavy atom. The minimum Gasteiger partial charge on any atom is -0.324 e. The lowest BCUT2D eigenvalue weighted by Gasteiger charge is -2.20. The quantitative estimate of drug-likeness (QED) is 0.260. The van der Waals surface area contributed by atoms with E-state index >= 15 is 0 Å². The fourth-order valence-electron chi connectivity index (χ4n) is 2.63. The Balaban J connectivity index is 1.60. The molecule has 0 unspecified atom stereocenters. The Morgan fingerprint density at radius 2 is 2.00 bits per heavy atom. The first-order valence-electron chi connectivity index (χ1n) is 8.50. The van der Waals surface area contributed by atoms with Gasteiger partial charge in [-0.2, -0.15) is 10.1 Å². The number of aliphatic imine (C=N–C) groups is 1. The van der Waals surface area contributed by atoms with Crippen LogP contribution in [0, 0.1) is 0 Å². The molecule has 2 aromatic heterocycles. The highest BCUT2D eigenvalue weighted by Gasteiger charge is 2.14. The van der Waals surface area contributed by atoms with Crippen LogP contribution in [0.1, 0.15) is 0 Å². The average molecular weight is 450 g/mol. The fraction of sp³-hybridized carbons (Fsp3) is 0. The van der Waals surface area contributed by atoms with Crippen LogP contribution in [-0.4, -0.2) is 31.4 Å². The molecule has 0 aliphatic heterocycles. The second-order valence-electron chi connectivity index (χ2n) is 5.92. The van der Waals surface area contributed by atoms with E-state index in [0.717, 1.165) is 21.5 Å². The van der Waals surface area contributed by atoms with E-state index in [1.54, 1.807) is 17.2 Å². The third-order valence-corrected chi connectivity index (χ3v) is 4.53. The van der Waals surface area contributed by atoms with Crippen LogP contribution in [0.5, 0.6) is 0 Å². The maximum atomic E-state index is 6.29. The molecule has 2 heterocycles. The molecule has 4 rings (SSSR count). The molecule has 0 radical (unpaired) electrons. The van der Waals surface area contributed by atoms with E-state index < -0.39 is 0 Å². The fourth-order valence-corrected chi connectivity index (χ4v) is 3.02. The number of anilines is 4. The molecule has 0 fully saturated rings. The van der Waals surface area contributed by atoms with Crippen molar-refractivity contribution < 1.29 is 0 Å². The highest BCUT2D eigenvalue weighted by molar-refractivity contribution is 9.10. The number of rotatable bonds is 6. The molecule has 9 nitrogen and oxygen atoms in total. The van der Waals surface area contributed by atoms with Gasteiger partial charge in [-0.05, 0) is 49.2 Å². The maximum Gasteiger partial charge on any atom is 0.229 e. The summed E-state index contributed by atoms with van der Waals surface area (Å²) in [6.07, 6.45) is 4.69. The highest BCUT2D eigenvalue weighted by atomic mass is 79.9. The molecule has 4 aromatic rings. The van der Waals surface area contributed by atoms with Crippen molar-refractivity contribution in [3.05, 3.63) is 71.9 Å². The van der Waals surface area contributed by atoms with Gasteiger partial charge in [0, 0.05) is 10.2 Å². The molecule has 0 saturated heterocycles. The second-order valence-corrected chi connectivity index (χ2v) is 6.84. The minimum atomic E-state index is 0.381. The number of hydrogen-bond acceptors (Lipinski definition) is 8. The van der Waals surface area contributed by atoms with Crippen molar-refractivity contribution in [3.63, 3.8) is 0 Å². The summed E-state index contributed by atoms with van der Waals surface area (Å²) in [6, 6.07) is 15.2. The van der Waals surface area contributed by atoms with Crippen LogP contribution in [0.15, 0.2) is 76.8 Å². The maximum absolute atomic E-state index is 6.29. The lowest BCUT2D eigenvalue weighted by Crippen LogP contribution is -2.26. The summed E-state index contributed by atoms with van der Waals surface area (Å²) >= 11 is 3.44. The van der Waals surface area contributed by atoms with Crippen molar-refractivity contribution in [1.82, 2.24) is 24.7 Å². The van der Waals surface area contributed by atoms with Crippen LogP contribution in [0.4, 0.5) is 28.8 Å². The number of aromatic nitrogens is 5. The monoisotopic (exact) mass is 449 g/mol. The topological polar surface area (TPSA) is 110 Å². The number of nitrogens with one attached hydrogen (secondary N) is 1. The Hall–Kier alpha value is -3.63. The number of nitrogens with two attached hydrogens (primary N) is 1. The average Bonchev–Trinajstić information content (AvgIpc) is 3.29. The van der Waals surface area contributed by atoms with Crippen LogP contribution in [0.25, 0.3) is 5.69 Å². The standard InChI is InChI=1S/C19H16BrN9/c1-22-17-10-24-19(27-18(17)29(21)16-4-2-3-13(20)9-16)26-14-5-7-15(8-6-14)28-12-23-11-25-28/h2-12H,1,21H2,(H,24,26,27). The van der Waals surface area contributed by atoms with Crippen molar-refractivity contribution in [1.29, 1.82) is 0 Å². The molecule has 0 spiro atoms. The van der Waals surface area contributed by atoms with E-state index in [0.29, 0.717) is 17.5 Å². The van der Waals surface area contributed by atoms with Gasteiger partial charge in [0.05, 0.1) is 17.6 Å². The normalized spacial score (nSPS) is 10.6. The molecule has 0 aliphatic carbocycles. The summed E-state index contributed by atoms with van der Waals surface area (Å²) in [7, 11) is 0. The van der Waals surface area contributed by atoms with E-state index in [-0.39, 0.29) is 0 Å². The SMILES string of the molecule is C=Nc1cnc(Nc2ccc(-n3cncn3)cc2)nc1N(N)c1cccc(Br)c1. The molecule has 0 saturated carbocycles. The number of hydrazine groups is 1. The van der Waals surface area contributed by atoms with Crippen molar-refractivity contribution in [2.45, 2.75) is 0 Å². The molecular weight excluding hydrogens is 434 g/mol. The van der Waals surface area contributed by atoms with Gasteiger partial charge in [-0.15, -0.1) is 0 Å². The van der Waals surface area contributed by atoms with E-state index in [1.165, 1.54) is 11.3 Å². The number of benzene rings is 2. The highest BCUT2D eigenvalue weighted by Crippen LogP contribution is 2.31. The largest absolute Gasteiger partial charge is 0.324 e. The molecule has 0 aliphatic rings. The van der Waals surface area contributed by atoms with Gasteiger partial charge >= 0.3 is 0 Å². The van der Waals surface area contributed by atoms with Crippen molar-refractivity contribution in [2.24, 2.45) is 10.8 Å². The molecule has 0 bridgehead atoms. The van der Waals surface area contributed by atoms with Crippen LogP contribution < -0.4 is 16.2 Å². The third-order valence-electron chi connectivity index (χ3n) is 4.04. The van der Waals surface area contributed by atoms with Gasteiger partial charge in [0.1, 0.15) is 18.3 Å². The second kappa shape index (κ2) is 8.17. The van der Waals surface area contributed by atoms with E-state index in [9.17, 15) is 0 Å². The zero-order valence-electron chi connectivity index (χ0n) is 15.1. The minimum absolute atomic E-state index is 0.381. The molecule has 144 valence electrons. The molecule has 10 heteroatoms. The van der Waals surface area contributed by atoms with Crippen LogP contribution in [0.3, 0.4) is 0 Å². The summed E-state index contributed by atoms with van der Waals surface area (Å²) < 4.78 is 2.58. The molecular formula is C19H16BrN9. The summed E-state index contributed by atoms with van der Waals surface area (Å²) in [6.45, 7) is 3.58. The lowest BCUT2D eigenvalue weighted by molar-refractivity contribution is 0.879. The Kier molecular flexibility index (Phi) is 5.27. The summed E-state index contributed by atoms with van der Waals surface area (Å²) in [4.78, 5) is 16.7. The van der Waals surface area contributed by atoms with Gasteiger partial charge in [-0.25, -0.2) is 20.5 Å². The van der Waals surface area contributed by atoms with Gasteiger partial charge in [-0.1, -0.05) is 22.0 Å². The molecule has 0 atom stereocenters. The summed E-state index contributed by atoms with van der Waals surface area (Å²) in [5.74, 6) is 7.10.